The van der Waals surface area contributed by atoms with Gasteiger partial charge in [-0.3, -0.25) is 11.3 Å². The SMILES string of the molecule is COc1cc(OC)cc(C(NN)C2CSC(C)C(C)S2)c1. The van der Waals surface area contributed by atoms with Crippen molar-refractivity contribution in [3.05, 3.63) is 23.8 Å². The summed E-state index contributed by atoms with van der Waals surface area (Å²) in [6.45, 7) is 4.58. The Bertz CT molecular complexity index is 451. The maximum Gasteiger partial charge on any atom is 0.122 e. The minimum atomic E-state index is 0.0847. The number of hydrazine groups is 1. The largest absolute Gasteiger partial charge is 0.497 e. The van der Waals surface area contributed by atoms with Crippen LogP contribution in [0, 0.1) is 0 Å². The van der Waals surface area contributed by atoms with Crippen LogP contribution in [0.25, 0.3) is 0 Å². The number of benzene rings is 1. The Hall–Kier alpha value is -0.560. The third-order valence-electron chi connectivity index (χ3n) is 3.86. The van der Waals surface area contributed by atoms with Crippen molar-refractivity contribution in [2.45, 2.75) is 35.6 Å². The van der Waals surface area contributed by atoms with Gasteiger partial charge in [-0.1, -0.05) is 13.8 Å². The highest BCUT2D eigenvalue weighted by atomic mass is 32.2. The van der Waals surface area contributed by atoms with Gasteiger partial charge in [0.15, 0.2) is 0 Å². The highest BCUT2D eigenvalue weighted by Crippen LogP contribution is 2.41. The topological polar surface area (TPSA) is 56.5 Å². The summed E-state index contributed by atoms with van der Waals surface area (Å²) in [5.74, 6) is 8.51. The van der Waals surface area contributed by atoms with Crippen molar-refractivity contribution in [1.29, 1.82) is 0 Å². The van der Waals surface area contributed by atoms with E-state index in [1.54, 1.807) is 14.2 Å². The molecule has 4 nitrogen and oxygen atoms in total. The number of nitrogens with two attached hydrogens (primary N) is 1. The van der Waals surface area contributed by atoms with E-state index in [1.807, 2.05) is 41.7 Å². The summed E-state index contributed by atoms with van der Waals surface area (Å²) >= 11 is 4.02. The first-order chi connectivity index (χ1) is 10.1. The molecule has 118 valence electrons. The normalized spacial score (nSPS) is 27.2. The van der Waals surface area contributed by atoms with Crippen molar-refractivity contribution in [2.24, 2.45) is 5.84 Å². The molecule has 1 fully saturated rings. The fraction of sp³-hybridized carbons (Fsp3) is 0.600. The van der Waals surface area contributed by atoms with Crippen LogP contribution in [-0.4, -0.2) is 35.7 Å². The second-order valence-corrected chi connectivity index (χ2v) is 8.24. The van der Waals surface area contributed by atoms with E-state index in [-0.39, 0.29) is 6.04 Å². The fourth-order valence-electron chi connectivity index (χ4n) is 2.41. The predicted octanol–water partition coefficient (Wildman–Crippen LogP) is 2.83. The Morgan fingerprint density at radius 1 is 1.14 bits per heavy atom. The van der Waals surface area contributed by atoms with Gasteiger partial charge in [0.2, 0.25) is 0 Å². The molecule has 0 radical (unpaired) electrons. The predicted molar refractivity (Wildman–Crippen MR) is 92.4 cm³/mol. The lowest BCUT2D eigenvalue weighted by Gasteiger charge is -2.36. The molecule has 1 aromatic carbocycles. The lowest BCUT2D eigenvalue weighted by molar-refractivity contribution is 0.391. The first-order valence-electron chi connectivity index (χ1n) is 7.05. The minimum absolute atomic E-state index is 0.0847. The third kappa shape index (κ3) is 4.00. The second kappa shape index (κ2) is 7.63. The zero-order valence-electron chi connectivity index (χ0n) is 13.0. The van der Waals surface area contributed by atoms with Crippen molar-refractivity contribution in [2.75, 3.05) is 20.0 Å². The van der Waals surface area contributed by atoms with E-state index in [4.69, 9.17) is 15.3 Å². The number of rotatable bonds is 5. The molecule has 4 atom stereocenters. The molecule has 0 saturated carbocycles. The Morgan fingerprint density at radius 3 is 2.24 bits per heavy atom. The van der Waals surface area contributed by atoms with Gasteiger partial charge >= 0.3 is 0 Å². The van der Waals surface area contributed by atoms with E-state index in [0.29, 0.717) is 15.7 Å². The highest BCUT2D eigenvalue weighted by Gasteiger charge is 2.32. The number of ether oxygens (including phenoxy) is 2. The minimum Gasteiger partial charge on any atom is -0.497 e. The molecule has 0 amide bonds. The molecule has 4 unspecified atom stereocenters. The van der Waals surface area contributed by atoms with Gasteiger partial charge in [-0.2, -0.15) is 23.5 Å². The van der Waals surface area contributed by atoms with Gasteiger partial charge in [0, 0.05) is 27.6 Å². The molecular weight excluding hydrogens is 304 g/mol. The van der Waals surface area contributed by atoms with Crippen LogP contribution in [0.1, 0.15) is 25.5 Å². The molecule has 21 heavy (non-hydrogen) atoms. The molecule has 1 saturated heterocycles. The van der Waals surface area contributed by atoms with Crippen LogP contribution >= 0.6 is 23.5 Å². The number of thioether (sulfide) groups is 2. The van der Waals surface area contributed by atoms with E-state index in [0.717, 1.165) is 22.8 Å². The Labute approximate surface area is 135 Å². The van der Waals surface area contributed by atoms with E-state index < -0.39 is 0 Å². The summed E-state index contributed by atoms with van der Waals surface area (Å²) in [6.07, 6.45) is 0. The highest BCUT2D eigenvalue weighted by molar-refractivity contribution is 8.07. The molecule has 1 aliphatic heterocycles. The van der Waals surface area contributed by atoms with Crippen LogP contribution in [0.4, 0.5) is 0 Å². The Kier molecular flexibility index (Phi) is 6.10. The number of hydrogen-bond acceptors (Lipinski definition) is 6. The number of nitrogens with one attached hydrogen (secondary N) is 1. The summed E-state index contributed by atoms with van der Waals surface area (Å²) in [5, 5.41) is 1.74. The van der Waals surface area contributed by atoms with Crippen molar-refractivity contribution in [3.63, 3.8) is 0 Å². The van der Waals surface area contributed by atoms with Gasteiger partial charge in [0.25, 0.3) is 0 Å². The number of methoxy groups -OCH3 is 2. The molecule has 0 aromatic heterocycles. The van der Waals surface area contributed by atoms with E-state index in [1.165, 1.54) is 0 Å². The molecule has 0 aliphatic carbocycles. The van der Waals surface area contributed by atoms with Gasteiger partial charge < -0.3 is 9.47 Å². The van der Waals surface area contributed by atoms with Gasteiger partial charge in [-0.05, 0) is 17.7 Å². The average molecular weight is 329 g/mol. The molecule has 2 rings (SSSR count). The maximum absolute atomic E-state index is 5.84. The Balaban J connectivity index is 2.24. The van der Waals surface area contributed by atoms with E-state index in [2.05, 4.69) is 19.3 Å². The summed E-state index contributed by atoms with van der Waals surface area (Å²) in [6, 6.07) is 6.02. The van der Waals surface area contributed by atoms with Crippen LogP contribution < -0.4 is 20.7 Å². The smallest absolute Gasteiger partial charge is 0.122 e. The Morgan fingerprint density at radius 2 is 1.76 bits per heavy atom. The molecular formula is C15H24N2O2S2. The van der Waals surface area contributed by atoms with Crippen molar-refractivity contribution in [1.82, 2.24) is 5.43 Å². The summed E-state index contributed by atoms with van der Waals surface area (Å²) in [4.78, 5) is 0. The van der Waals surface area contributed by atoms with E-state index in [9.17, 15) is 0 Å². The molecule has 1 aliphatic rings. The number of hydrogen-bond donors (Lipinski definition) is 2. The summed E-state index contributed by atoms with van der Waals surface area (Å²) < 4.78 is 10.7. The average Bonchev–Trinajstić information content (AvgIpc) is 2.51. The van der Waals surface area contributed by atoms with Crippen LogP contribution in [0.5, 0.6) is 11.5 Å². The molecule has 6 heteroatoms. The molecule has 1 heterocycles. The van der Waals surface area contributed by atoms with Crippen molar-refractivity contribution >= 4 is 23.5 Å². The first kappa shape index (κ1) is 16.8. The van der Waals surface area contributed by atoms with Crippen LogP contribution in [0.15, 0.2) is 18.2 Å². The van der Waals surface area contributed by atoms with Crippen LogP contribution in [0.3, 0.4) is 0 Å². The molecule has 0 spiro atoms. The van der Waals surface area contributed by atoms with Crippen molar-refractivity contribution < 1.29 is 9.47 Å². The molecule has 3 N–H and O–H groups in total. The van der Waals surface area contributed by atoms with Crippen molar-refractivity contribution in [3.8, 4) is 11.5 Å². The lowest BCUT2D eigenvalue weighted by Crippen LogP contribution is -2.40. The second-order valence-electron chi connectivity index (χ2n) is 5.21. The fourth-order valence-corrected chi connectivity index (χ4v) is 5.51. The van der Waals surface area contributed by atoms with Gasteiger partial charge in [-0.15, -0.1) is 0 Å². The quantitative estimate of drug-likeness (QED) is 0.640. The van der Waals surface area contributed by atoms with Crippen LogP contribution in [-0.2, 0) is 0 Å². The van der Waals surface area contributed by atoms with Crippen LogP contribution in [0.2, 0.25) is 0 Å². The zero-order chi connectivity index (χ0) is 15.4. The third-order valence-corrected chi connectivity index (χ3v) is 7.35. The van der Waals surface area contributed by atoms with Gasteiger partial charge in [0.1, 0.15) is 11.5 Å². The van der Waals surface area contributed by atoms with Gasteiger partial charge in [-0.25, -0.2) is 0 Å². The standard InChI is InChI=1S/C15H24N2O2S2/c1-9-10(2)21-14(8-20-9)15(17-16)11-5-12(18-3)7-13(6-11)19-4/h5-7,9-10,14-15,17H,8,16H2,1-4H3. The van der Waals surface area contributed by atoms with Gasteiger partial charge in [0.05, 0.1) is 20.3 Å². The maximum atomic E-state index is 5.84. The summed E-state index contributed by atoms with van der Waals surface area (Å²) in [7, 11) is 3.33. The first-order valence-corrected chi connectivity index (χ1v) is 9.04. The monoisotopic (exact) mass is 328 g/mol. The molecule has 0 bridgehead atoms. The molecule has 1 aromatic rings. The zero-order valence-corrected chi connectivity index (χ0v) is 14.6. The van der Waals surface area contributed by atoms with E-state index >= 15 is 0 Å². The lowest BCUT2D eigenvalue weighted by atomic mass is 10.0. The summed E-state index contributed by atoms with van der Waals surface area (Å²) in [5.41, 5.74) is 4.09.